The van der Waals surface area contributed by atoms with E-state index in [1.807, 2.05) is 0 Å². The Morgan fingerprint density at radius 1 is 1.67 bits per heavy atom. The molecule has 5 nitrogen and oxygen atoms in total. The van der Waals surface area contributed by atoms with Crippen LogP contribution in [0.5, 0.6) is 0 Å². The zero-order chi connectivity index (χ0) is 8.15. The van der Waals surface area contributed by atoms with Crippen LogP contribution in [0.4, 0.5) is 0 Å². The molecule has 0 saturated carbocycles. The Morgan fingerprint density at radius 3 is 2.56 bits per heavy atom. The molecule has 0 fully saturated rings. The molecule has 0 aliphatic heterocycles. The molecule has 0 rings (SSSR count). The van der Waals surface area contributed by atoms with Gasteiger partial charge in [0.15, 0.2) is 1.41 Å². The minimum absolute atomic E-state index is 0.144. The van der Waals surface area contributed by atoms with E-state index in [4.69, 9.17) is 6.62 Å². The van der Waals surface area contributed by atoms with E-state index in [1.54, 1.807) is 0 Å². The molecule has 0 saturated heterocycles. The molecule has 0 bridgehead atoms. The third-order valence-electron chi connectivity index (χ3n) is 0.697. The number of primary amides is 1. The highest BCUT2D eigenvalue weighted by molar-refractivity contribution is 5.82. The number of carbonyl (C=O) groups is 2. The van der Waals surface area contributed by atoms with Crippen LogP contribution in [0, 0.1) is 0 Å². The second-order valence-corrected chi connectivity index (χ2v) is 1.46. The van der Waals surface area contributed by atoms with E-state index < -0.39 is 11.8 Å². The van der Waals surface area contributed by atoms with Crippen molar-refractivity contribution < 1.29 is 16.2 Å². The van der Waals surface area contributed by atoms with E-state index in [9.17, 15) is 9.59 Å². The van der Waals surface area contributed by atoms with Gasteiger partial charge in [-0.3, -0.25) is 14.8 Å². The fourth-order valence-electron chi connectivity index (χ4n) is 0.280. The fraction of sp³-hybridized carbons (Fsp3) is 0.500. The minimum atomic E-state index is -0.848. The van der Waals surface area contributed by atoms with Crippen molar-refractivity contribution in [1.82, 2.24) is 5.47 Å². The lowest BCUT2D eigenvalue weighted by atomic mass is 10.3. The van der Waals surface area contributed by atoms with Crippen LogP contribution in [0.2, 0.25) is 1.41 Å². The highest BCUT2D eigenvalue weighted by Crippen LogP contribution is 1.84. The van der Waals surface area contributed by atoms with Crippen molar-refractivity contribution in [1.29, 1.82) is 0 Å². The van der Waals surface area contributed by atoms with Crippen LogP contribution in [0.3, 0.4) is 0 Å². The first kappa shape index (κ1) is 6.03. The van der Waals surface area contributed by atoms with Gasteiger partial charge >= 0.3 is 0 Å². The van der Waals surface area contributed by atoms with Crippen molar-refractivity contribution in [2.75, 3.05) is 0 Å². The molecule has 0 aromatic carbocycles. The van der Waals surface area contributed by atoms with Gasteiger partial charge in [0.1, 0.15) is 0 Å². The predicted octanol–water partition coefficient (Wildman–Crippen LogP) is -1.24. The number of rotatable bonds is 3. The highest BCUT2D eigenvalue weighted by atomic mass is 16.5. The van der Waals surface area contributed by atoms with Crippen LogP contribution in [0.25, 0.3) is 0 Å². The van der Waals surface area contributed by atoms with E-state index in [1.165, 1.54) is 0 Å². The molecule has 0 aromatic rings. The van der Waals surface area contributed by atoms with Gasteiger partial charge in [-0.1, -0.05) is 0 Å². The first-order valence-corrected chi connectivity index (χ1v) is 2.33. The SMILES string of the molecule is [2H]N(O)C(=O)CCC(N)=O. The molecule has 4 N–H and O–H groups in total. The van der Waals surface area contributed by atoms with Gasteiger partial charge in [0, 0.05) is 12.8 Å². The molecule has 0 unspecified atom stereocenters. The predicted molar refractivity (Wildman–Crippen MR) is 28.4 cm³/mol. The van der Waals surface area contributed by atoms with E-state index in [2.05, 4.69) is 5.73 Å². The van der Waals surface area contributed by atoms with Crippen LogP contribution >= 0.6 is 0 Å². The summed E-state index contributed by atoms with van der Waals surface area (Å²) in [6.45, 7) is 0. The van der Waals surface area contributed by atoms with Crippen molar-refractivity contribution >= 4 is 11.8 Å². The second kappa shape index (κ2) is 3.85. The largest absolute Gasteiger partial charge is 0.370 e. The molecule has 9 heavy (non-hydrogen) atoms. The Kier molecular flexibility index (Phi) is 2.58. The van der Waals surface area contributed by atoms with Gasteiger partial charge in [-0.15, -0.1) is 0 Å². The van der Waals surface area contributed by atoms with E-state index in [-0.39, 0.29) is 18.3 Å². The summed E-state index contributed by atoms with van der Waals surface area (Å²) in [6, 6.07) is 0. The molecule has 2 amide bonds. The molecule has 0 aliphatic carbocycles. The zero-order valence-corrected chi connectivity index (χ0v) is 4.70. The molecule has 0 radical (unpaired) electrons. The summed E-state index contributed by atoms with van der Waals surface area (Å²) in [4.78, 5) is 20.4. The van der Waals surface area contributed by atoms with Crippen molar-refractivity contribution in [3.63, 3.8) is 0 Å². The number of carbonyl (C=O) groups excluding carboxylic acids is 2. The Morgan fingerprint density at radius 2 is 2.22 bits per heavy atom. The molecule has 5 heteroatoms. The Balaban J connectivity index is 3.50. The first-order valence-electron chi connectivity index (χ1n) is 2.77. The second-order valence-electron chi connectivity index (χ2n) is 1.46. The molecule has 0 aromatic heterocycles. The number of nitrogens with two attached hydrogens (primary N) is 1. The Hall–Kier alpha value is -1.10. The number of hydroxylamine groups is 1. The number of amides is 2. The molecular weight excluding hydrogens is 124 g/mol. The molecule has 0 spiro atoms. The van der Waals surface area contributed by atoms with Crippen LogP contribution in [0.1, 0.15) is 12.8 Å². The number of hydrogen-bond acceptors (Lipinski definition) is 3. The van der Waals surface area contributed by atoms with Crippen LogP contribution in [-0.2, 0) is 9.59 Å². The molecular formula is C4H8N2O3. The third kappa shape index (κ3) is 4.76. The molecule has 0 atom stereocenters. The summed E-state index contributed by atoms with van der Waals surface area (Å²) < 4.78 is 6.32. The van der Waals surface area contributed by atoms with Crippen molar-refractivity contribution in [3.05, 3.63) is 0 Å². The maximum Gasteiger partial charge on any atom is 0.243 e. The maximum absolute atomic E-state index is 10.3. The van der Waals surface area contributed by atoms with Gasteiger partial charge in [0.25, 0.3) is 0 Å². The molecule has 0 heterocycles. The average molecular weight is 133 g/mol. The monoisotopic (exact) mass is 133 g/mol. The van der Waals surface area contributed by atoms with Crippen molar-refractivity contribution in [2.45, 2.75) is 12.8 Å². The Bertz CT molecular complexity index is 147. The van der Waals surface area contributed by atoms with E-state index >= 15 is 0 Å². The van der Waals surface area contributed by atoms with Crippen molar-refractivity contribution in [2.24, 2.45) is 5.73 Å². The smallest absolute Gasteiger partial charge is 0.243 e. The van der Waals surface area contributed by atoms with Crippen molar-refractivity contribution in [3.8, 4) is 0 Å². The standard InChI is InChI=1S/C4H8N2O3/c5-3(7)1-2-4(8)6-9/h9H,1-2H2,(H2,5,7)(H,6,8)/i/hD. The van der Waals surface area contributed by atoms with Gasteiger partial charge in [-0.2, -0.15) is 0 Å². The molecule has 0 aliphatic rings. The van der Waals surface area contributed by atoms with Gasteiger partial charge in [0.05, 0.1) is 0 Å². The third-order valence-corrected chi connectivity index (χ3v) is 0.697. The quantitative estimate of drug-likeness (QED) is 0.332. The van der Waals surface area contributed by atoms with Gasteiger partial charge in [-0.25, -0.2) is 5.47 Å². The van der Waals surface area contributed by atoms with Crippen LogP contribution < -0.4 is 11.2 Å². The topological polar surface area (TPSA) is 92.4 Å². The zero-order valence-electron chi connectivity index (χ0n) is 5.70. The summed E-state index contributed by atoms with van der Waals surface area (Å²) in [5.74, 6) is -1.48. The summed E-state index contributed by atoms with van der Waals surface area (Å²) in [5.41, 5.74) is 4.37. The van der Waals surface area contributed by atoms with Crippen LogP contribution in [0.15, 0.2) is 0 Å². The van der Waals surface area contributed by atoms with E-state index in [0.29, 0.717) is 0 Å². The van der Waals surface area contributed by atoms with Crippen LogP contribution in [-0.4, -0.2) is 17.0 Å². The summed E-state index contributed by atoms with van der Waals surface area (Å²) >= 11 is 0. The fourth-order valence-corrected chi connectivity index (χ4v) is 0.280. The maximum atomic E-state index is 10.3. The first-order chi connectivity index (χ1) is 4.54. The van der Waals surface area contributed by atoms with Gasteiger partial charge < -0.3 is 5.73 Å². The van der Waals surface area contributed by atoms with Gasteiger partial charge in [0.2, 0.25) is 11.8 Å². The lowest BCUT2D eigenvalue weighted by molar-refractivity contribution is -0.131. The summed E-state index contributed by atoms with van der Waals surface area (Å²) in [7, 11) is 0. The lowest BCUT2D eigenvalue weighted by Crippen LogP contribution is -2.21. The normalized spacial score (nSPS) is 10.1. The highest BCUT2D eigenvalue weighted by Gasteiger charge is 2.00. The lowest BCUT2D eigenvalue weighted by Gasteiger charge is -1.92. The summed E-state index contributed by atoms with van der Waals surface area (Å²) in [6.07, 6.45) is -0.371. The minimum Gasteiger partial charge on any atom is -0.370 e. The summed E-state index contributed by atoms with van der Waals surface area (Å²) in [5, 5.41) is 8.13. The number of nitrogens with one attached hydrogen (secondary N) is 1. The molecule has 52 valence electrons. The Labute approximate surface area is 53.3 Å². The average Bonchev–Trinajstić information content (AvgIpc) is 1.82. The van der Waals surface area contributed by atoms with E-state index in [0.717, 1.165) is 0 Å². The number of hydrogen-bond donors (Lipinski definition) is 3. The van der Waals surface area contributed by atoms with Gasteiger partial charge in [-0.05, 0) is 0 Å².